The van der Waals surface area contributed by atoms with E-state index < -0.39 is 0 Å². The molecule has 0 spiro atoms. The van der Waals surface area contributed by atoms with Crippen LogP contribution >= 0.6 is 0 Å². The van der Waals surface area contributed by atoms with E-state index in [9.17, 15) is 4.79 Å². The van der Waals surface area contributed by atoms with Gasteiger partial charge in [0.15, 0.2) is 0 Å². The van der Waals surface area contributed by atoms with E-state index in [2.05, 4.69) is 11.7 Å². The Morgan fingerprint density at radius 3 is 2.88 bits per heavy atom. The van der Waals surface area contributed by atoms with Crippen molar-refractivity contribution in [1.82, 2.24) is 10.1 Å². The standard InChI is InChI=1S/C12H18N2O3/c1-4-6-14(7-8-15)12(16)11-9(3)17-13-10(11)5-2/h4,15H,1,5-8H2,2-3H3. The molecule has 0 aliphatic rings. The highest BCUT2D eigenvalue weighted by molar-refractivity contribution is 5.96. The van der Waals surface area contributed by atoms with Gasteiger partial charge in [-0.3, -0.25) is 4.79 Å². The number of amides is 1. The summed E-state index contributed by atoms with van der Waals surface area (Å²) in [7, 11) is 0. The number of rotatable bonds is 6. The van der Waals surface area contributed by atoms with E-state index in [4.69, 9.17) is 9.63 Å². The third-order valence-electron chi connectivity index (χ3n) is 2.49. The minimum Gasteiger partial charge on any atom is -0.395 e. The van der Waals surface area contributed by atoms with Crippen LogP contribution in [0.3, 0.4) is 0 Å². The van der Waals surface area contributed by atoms with Gasteiger partial charge in [0.2, 0.25) is 0 Å². The molecule has 1 N–H and O–H groups in total. The van der Waals surface area contributed by atoms with Crippen LogP contribution in [-0.4, -0.2) is 40.8 Å². The second-order valence-electron chi connectivity index (χ2n) is 3.68. The Hall–Kier alpha value is -1.62. The molecule has 1 rings (SSSR count). The first-order chi connectivity index (χ1) is 8.15. The summed E-state index contributed by atoms with van der Waals surface area (Å²) < 4.78 is 5.03. The molecule has 94 valence electrons. The lowest BCUT2D eigenvalue weighted by Crippen LogP contribution is -2.34. The second kappa shape index (κ2) is 6.20. The highest BCUT2D eigenvalue weighted by atomic mass is 16.5. The van der Waals surface area contributed by atoms with Gasteiger partial charge in [0.1, 0.15) is 11.3 Å². The maximum absolute atomic E-state index is 12.3. The summed E-state index contributed by atoms with van der Waals surface area (Å²) in [5.74, 6) is 0.341. The predicted molar refractivity (Wildman–Crippen MR) is 63.8 cm³/mol. The summed E-state index contributed by atoms with van der Waals surface area (Å²) in [6, 6.07) is 0. The fraction of sp³-hybridized carbons (Fsp3) is 0.500. The number of aliphatic hydroxyl groups is 1. The summed E-state index contributed by atoms with van der Waals surface area (Å²) in [6.45, 7) is 7.82. The van der Waals surface area contributed by atoms with E-state index in [0.717, 1.165) is 0 Å². The van der Waals surface area contributed by atoms with E-state index >= 15 is 0 Å². The molecule has 0 saturated carbocycles. The number of aliphatic hydroxyl groups excluding tert-OH is 1. The quantitative estimate of drug-likeness (QED) is 0.755. The van der Waals surface area contributed by atoms with E-state index in [0.29, 0.717) is 30.0 Å². The van der Waals surface area contributed by atoms with Crippen molar-refractivity contribution in [3.05, 3.63) is 29.7 Å². The number of aromatic nitrogens is 1. The minimum absolute atomic E-state index is 0.0780. The zero-order chi connectivity index (χ0) is 12.8. The van der Waals surface area contributed by atoms with Gasteiger partial charge in [0.25, 0.3) is 5.91 Å². The molecule has 0 saturated heterocycles. The van der Waals surface area contributed by atoms with Crippen molar-refractivity contribution in [2.45, 2.75) is 20.3 Å². The highest BCUT2D eigenvalue weighted by Crippen LogP contribution is 2.16. The Bertz CT molecular complexity index is 398. The van der Waals surface area contributed by atoms with Crippen molar-refractivity contribution in [1.29, 1.82) is 0 Å². The molecule has 1 aromatic heterocycles. The largest absolute Gasteiger partial charge is 0.395 e. The van der Waals surface area contributed by atoms with Crippen molar-refractivity contribution < 1.29 is 14.4 Å². The molecule has 0 aliphatic carbocycles. The minimum atomic E-state index is -0.172. The Kier molecular flexibility index (Phi) is 4.90. The fourth-order valence-electron chi connectivity index (χ4n) is 1.64. The topological polar surface area (TPSA) is 66.6 Å². The van der Waals surface area contributed by atoms with Gasteiger partial charge in [-0.25, -0.2) is 0 Å². The predicted octanol–water partition coefficient (Wildman–Crippen LogP) is 1.17. The Morgan fingerprint density at radius 1 is 1.65 bits per heavy atom. The van der Waals surface area contributed by atoms with Crippen LogP contribution in [-0.2, 0) is 6.42 Å². The number of aryl methyl sites for hydroxylation is 2. The van der Waals surface area contributed by atoms with Gasteiger partial charge in [-0.05, 0) is 13.3 Å². The van der Waals surface area contributed by atoms with Crippen LogP contribution in [0, 0.1) is 6.92 Å². The maximum Gasteiger partial charge on any atom is 0.259 e. The summed E-state index contributed by atoms with van der Waals surface area (Å²) >= 11 is 0. The van der Waals surface area contributed by atoms with E-state index in [1.165, 1.54) is 4.90 Å². The summed E-state index contributed by atoms with van der Waals surface area (Å²) in [4.78, 5) is 13.8. The monoisotopic (exact) mass is 238 g/mol. The zero-order valence-electron chi connectivity index (χ0n) is 10.3. The number of carbonyl (C=O) groups excluding carboxylic acids is 1. The Morgan fingerprint density at radius 2 is 2.35 bits per heavy atom. The Balaban J connectivity index is 2.99. The van der Waals surface area contributed by atoms with E-state index in [1.54, 1.807) is 13.0 Å². The first-order valence-corrected chi connectivity index (χ1v) is 5.61. The molecule has 5 heteroatoms. The van der Waals surface area contributed by atoms with Gasteiger partial charge in [-0.1, -0.05) is 18.2 Å². The smallest absolute Gasteiger partial charge is 0.259 e. The summed E-state index contributed by atoms with van der Waals surface area (Å²) in [5, 5.41) is 12.8. The third kappa shape index (κ3) is 2.94. The summed E-state index contributed by atoms with van der Waals surface area (Å²) in [5.41, 5.74) is 1.15. The lowest BCUT2D eigenvalue weighted by Gasteiger charge is -2.19. The van der Waals surface area contributed by atoms with Gasteiger partial charge in [-0.2, -0.15) is 0 Å². The molecule has 0 aliphatic heterocycles. The molecule has 0 radical (unpaired) electrons. The number of hydrogen-bond acceptors (Lipinski definition) is 4. The lowest BCUT2D eigenvalue weighted by atomic mass is 10.1. The maximum atomic E-state index is 12.3. The molecule has 1 heterocycles. The molecule has 0 unspecified atom stereocenters. The van der Waals surface area contributed by atoms with Crippen LogP contribution in [0.1, 0.15) is 28.7 Å². The van der Waals surface area contributed by atoms with Crippen LogP contribution in [0.4, 0.5) is 0 Å². The van der Waals surface area contributed by atoms with Crippen molar-refractivity contribution in [3.8, 4) is 0 Å². The van der Waals surface area contributed by atoms with Crippen molar-refractivity contribution in [2.24, 2.45) is 0 Å². The van der Waals surface area contributed by atoms with Gasteiger partial charge >= 0.3 is 0 Å². The highest BCUT2D eigenvalue weighted by Gasteiger charge is 2.23. The molecule has 17 heavy (non-hydrogen) atoms. The molecule has 0 fully saturated rings. The third-order valence-corrected chi connectivity index (χ3v) is 2.49. The first-order valence-electron chi connectivity index (χ1n) is 5.61. The fourth-order valence-corrected chi connectivity index (χ4v) is 1.64. The first kappa shape index (κ1) is 13.4. The average Bonchev–Trinajstić information content (AvgIpc) is 2.69. The van der Waals surface area contributed by atoms with E-state index in [1.807, 2.05) is 6.92 Å². The van der Waals surface area contributed by atoms with Crippen molar-refractivity contribution >= 4 is 5.91 Å². The molecular weight excluding hydrogens is 220 g/mol. The molecule has 0 bridgehead atoms. The van der Waals surface area contributed by atoms with E-state index in [-0.39, 0.29) is 19.1 Å². The van der Waals surface area contributed by atoms with Gasteiger partial charge in [0.05, 0.1) is 12.3 Å². The molecular formula is C12H18N2O3. The van der Waals surface area contributed by atoms with Crippen LogP contribution in [0.25, 0.3) is 0 Å². The second-order valence-corrected chi connectivity index (χ2v) is 3.68. The number of carbonyl (C=O) groups is 1. The van der Waals surface area contributed by atoms with Crippen molar-refractivity contribution in [3.63, 3.8) is 0 Å². The van der Waals surface area contributed by atoms with Gasteiger partial charge in [-0.15, -0.1) is 6.58 Å². The molecule has 5 nitrogen and oxygen atoms in total. The number of hydrogen-bond donors (Lipinski definition) is 1. The molecule has 0 aromatic carbocycles. The van der Waals surface area contributed by atoms with Crippen molar-refractivity contribution in [2.75, 3.05) is 19.7 Å². The SMILES string of the molecule is C=CCN(CCO)C(=O)c1c(CC)noc1C. The average molecular weight is 238 g/mol. The van der Waals surface area contributed by atoms with Crippen LogP contribution < -0.4 is 0 Å². The van der Waals surface area contributed by atoms with Gasteiger partial charge < -0.3 is 14.5 Å². The Labute approximate surface area is 101 Å². The van der Waals surface area contributed by atoms with Crippen LogP contribution in [0.5, 0.6) is 0 Å². The zero-order valence-corrected chi connectivity index (χ0v) is 10.3. The van der Waals surface area contributed by atoms with Gasteiger partial charge in [0, 0.05) is 13.1 Å². The van der Waals surface area contributed by atoms with Crippen LogP contribution in [0.2, 0.25) is 0 Å². The lowest BCUT2D eigenvalue weighted by molar-refractivity contribution is 0.0740. The normalized spacial score (nSPS) is 10.3. The molecule has 1 amide bonds. The molecule has 1 aromatic rings. The summed E-state index contributed by atoms with van der Waals surface area (Å²) in [6.07, 6.45) is 2.27. The number of nitrogens with zero attached hydrogens (tertiary/aromatic N) is 2. The van der Waals surface area contributed by atoms with Crippen LogP contribution in [0.15, 0.2) is 17.2 Å². The molecule has 0 atom stereocenters.